The van der Waals surface area contributed by atoms with Crippen LogP contribution < -0.4 is 11.1 Å². The first-order chi connectivity index (χ1) is 8.75. The summed E-state index contributed by atoms with van der Waals surface area (Å²) in [4.78, 5) is 22.3. The Labute approximate surface area is 106 Å². The first-order valence-electron chi connectivity index (χ1n) is 5.10. The smallest absolute Gasteiger partial charge is 0.416 e. The second-order valence-electron chi connectivity index (χ2n) is 3.55. The second-order valence-corrected chi connectivity index (χ2v) is 3.55. The fraction of sp³-hybridized carbons (Fsp3) is 0.273. The number of carbonyl (C=O) groups is 2. The number of nitrogens with one attached hydrogen (secondary N) is 1. The van der Waals surface area contributed by atoms with Gasteiger partial charge in [-0.25, -0.2) is 4.79 Å². The molecule has 0 atom stereocenters. The fourth-order valence-electron chi connectivity index (χ4n) is 1.21. The molecule has 0 aliphatic carbocycles. The van der Waals surface area contributed by atoms with E-state index >= 15 is 0 Å². The molecule has 0 aliphatic rings. The maximum atomic E-state index is 12.4. The van der Waals surface area contributed by atoms with Crippen molar-refractivity contribution in [2.45, 2.75) is 6.18 Å². The van der Waals surface area contributed by atoms with Crippen molar-refractivity contribution in [1.82, 2.24) is 5.32 Å². The minimum Gasteiger partial charge on any atom is -0.452 e. The minimum atomic E-state index is -4.54. The Balaban J connectivity index is 2.85. The summed E-state index contributed by atoms with van der Waals surface area (Å²) in [6, 6.07) is 2.26. The first-order valence-corrected chi connectivity index (χ1v) is 5.10. The molecule has 0 aliphatic heterocycles. The van der Waals surface area contributed by atoms with E-state index in [1.807, 2.05) is 0 Å². The average molecular weight is 276 g/mol. The van der Waals surface area contributed by atoms with Gasteiger partial charge < -0.3 is 15.8 Å². The molecule has 1 amide bonds. The molecular weight excluding hydrogens is 265 g/mol. The molecule has 5 nitrogen and oxygen atoms in total. The zero-order chi connectivity index (χ0) is 14.6. The number of nitrogen functional groups attached to an aromatic ring is 1. The third kappa shape index (κ3) is 3.87. The van der Waals surface area contributed by atoms with Gasteiger partial charge in [0.15, 0.2) is 6.61 Å². The first kappa shape index (κ1) is 14.8. The van der Waals surface area contributed by atoms with E-state index in [2.05, 4.69) is 10.1 Å². The highest BCUT2D eigenvalue weighted by molar-refractivity contribution is 5.96. The van der Waals surface area contributed by atoms with Crippen LogP contribution in [0.1, 0.15) is 15.9 Å². The van der Waals surface area contributed by atoms with E-state index in [1.165, 1.54) is 7.05 Å². The standard InChI is InChI=1S/C11H11F3N2O3/c1-16-9(17)5-19-10(18)7-3-2-6(4-8(7)15)11(12,13)14/h2-4H,5,15H2,1H3,(H,16,17). The summed E-state index contributed by atoms with van der Waals surface area (Å²) >= 11 is 0. The van der Waals surface area contributed by atoms with Crippen molar-refractivity contribution in [2.24, 2.45) is 0 Å². The van der Waals surface area contributed by atoms with E-state index in [1.54, 1.807) is 0 Å². The number of likely N-dealkylation sites (N-methyl/N-ethyl adjacent to an activating group) is 1. The van der Waals surface area contributed by atoms with Gasteiger partial charge in [0.25, 0.3) is 5.91 Å². The molecule has 1 aromatic carbocycles. The highest BCUT2D eigenvalue weighted by atomic mass is 19.4. The predicted octanol–water partition coefficient (Wildman–Crippen LogP) is 1.19. The summed E-state index contributed by atoms with van der Waals surface area (Å²) in [7, 11) is 1.35. The van der Waals surface area contributed by atoms with E-state index in [0.717, 1.165) is 6.07 Å². The topological polar surface area (TPSA) is 81.4 Å². The summed E-state index contributed by atoms with van der Waals surface area (Å²) in [5.41, 5.74) is 3.80. The third-order valence-corrected chi connectivity index (χ3v) is 2.21. The zero-order valence-corrected chi connectivity index (χ0v) is 9.88. The van der Waals surface area contributed by atoms with E-state index < -0.39 is 30.2 Å². The van der Waals surface area contributed by atoms with Crippen LogP contribution in [0.3, 0.4) is 0 Å². The molecule has 8 heteroatoms. The lowest BCUT2D eigenvalue weighted by molar-refractivity contribution is -0.137. The predicted molar refractivity (Wildman–Crippen MR) is 60.2 cm³/mol. The van der Waals surface area contributed by atoms with Crippen LogP contribution >= 0.6 is 0 Å². The quantitative estimate of drug-likeness (QED) is 0.642. The lowest BCUT2D eigenvalue weighted by Gasteiger charge is -2.10. The molecule has 104 valence electrons. The van der Waals surface area contributed by atoms with E-state index in [4.69, 9.17) is 5.73 Å². The van der Waals surface area contributed by atoms with E-state index in [-0.39, 0.29) is 11.3 Å². The Morgan fingerprint density at radius 2 is 2.00 bits per heavy atom. The molecule has 19 heavy (non-hydrogen) atoms. The lowest BCUT2D eigenvalue weighted by Crippen LogP contribution is -2.25. The van der Waals surface area contributed by atoms with Gasteiger partial charge in [-0.3, -0.25) is 4.79 Å². The molecule has 0 heterocycles. The number of rotatable bonds is 3. The molecule has 0 bridgehead atoms. The van der Waals surface area contributed by atoms with Crippen molar-refractivity contribution >= 4 is 17.6 Å². The highest BCUT2D eigenvalue weighted by Gasteiger charge is 2.31. The molecular formula is C11H11F3N2O3. The zero-order valence-electron chi connectivity index (χ0n) is 9.88. The average Bonchev–Trinajstić information content (AvgIpc) is 2.34. The van der Waals surface area contributed by atoms with Crippen LogP contribution in [-0.2, 0) is 15.7 Å². The summed E-state index contributed by atoms with van der Waals surface area (Å²) in [5.74, 6) is -1.51. The Kier molecular flexibility index (Phi) is 4.36. The molecule has 1 rings (SSSR count). The summed E-state index contributed by atoms with van der Waals surface area (Å²) < 4.78 is 41.7. The molecule has 0 spiro atoms. The van der Waals surface area contributed by atoms with Gasteiger partial charge >= 0.3 is 12.1 Å². The Morgan fingerprint density at radius 1 is 1.37 bits per heavy atom. The van der Waals surface area contributed by atoms with Crippen LogP contribution in [-0.4, -0.2) is 25.5 Å². The third-order valence-electron chi connectivity index (χ3n) is 2.21. The van der Waals surface area contributed by atoms with Gasteiger partial charge in [-0.2, -0.15) is 13.2 Å². The van der Waals surface area contributed by atoms with Gasteiger partial charge in [-0.1, -0.05) is 0 Å². The Hall–Kier alpha value is -2.25. The van der Waals surface area contributed by atoms with Crippen molar-refractivity contribution in [3.05, 3.63) is 29.3 Å². The number of hydrogen-bond acceptors (Lipinski definition) is 4. The fourth-order valence-corrected chi connectivity index (χ4v) is 1.21. The lowest BCUT2D eigenvalue weighted by atomic mass is 10.1. The number of ether oxygens (including phenoxy) is 1. The SMILES string of the molecule is CNC(=O)COC(=O)c1ccc(C(F)(F)F)cc1N. The van der Waals surface area contributed by atoms with Crippen molar-refractivity contribution in [1.29, 1.82) is 0 Å². The number of esters is 1. The number of benzene rings is 1. The number of amides is 1. The highest BCUT2D eigenvalue weighted by Crippen LogP contribution is 2.31. The van der Waals surface area contributed by atoms with Crippen LogP contribution in [0.15, 0.2) is 18.2 Å². The van der Waals surface area contributed by atoms with Gasteiger partial charge in [0.05, 0.1) is 11.1 Å². The van der Waals surface area contributed by atoms with E-state index in [9.17, 15) is 22.8 Å². The normalized spacial score (nSPS) is 10.9. The Morgan fingerprint density at radius 3 is 2.47 bits per heavy atom. The molecule has 0 aromatic heterocycles. The monoisotopic (exact) mass is 276 g/mol. The van der Waals surface area contributed by atoms with Gasteiger partial charge in [0.2, 0.25) is 0 Å². The van der Waals surface area contributed by atoms with Crippen LogP contribution in [0.2, 0.25) is 0 Å². The largest absolute Gasteiger partial charge is 0.452 e. The van der Waals surface area contributed by atoms with Crippen molar-refractivity contribution in [2.75, 3.05) is 19.4 Å². The van der Waals surface area contributed by atoms with Crippen molar-refractivity contribution in [3.8, 4) is 0 Å². The van der Waals surface area contributed by atoms with Gasteiger partial charge in [-0.05, 0) is 18.2 Å². The molecule has 0 unspecified atom stereocenters. The molecule has 3 N–H and O–H groups in total. The van der Waals surface area contributed by atoms with Crippen LogP contribution in [0.4, 0.5) is 18.9 Å². The van der Waals surface area contributed by atoms with Gasteiger partial charge in [-0.15, -0.1) is 0 Å². The maximum Gasteiger partial charge on any atom is 0.416 e. The summed E-state index contributed by atoms with van der Waals surface area (Å²) in [6.07, 6.45) is -4.54. The number of halogens is 3. The molecule has 1 aromatic rings. The van der Waals surface area contributed by atoms with Crippen LogP contribution in [0, 0.1) is 0 Å². The van der Waals surface area contributed by atoms with E-state index in [0.29, 0.717) is 12.1 Å². The van der Waals surface area contributed by atoms with Gasteiger partial charge in [0, 0.05) is 12.7 Å². The van der Waals surface area contributed by atoms with Crippen molar-refractivity contribution in [3.63, 3.8) is 0 Å². The van der Waals surface area contributed by atoms with Crippen LogP contribution in [0.25, 0.3) is 0 Å². The van der Waals surface area contributed by atoms with Crippen molar-refractivity contribution < 1.29 is 27.5 Å². The summed E-state index contributed by atoms with van der Waals surface area (Å²) in [6.45, 7) is -0.532. The number of alkyl halides is 3. The summed E-state index contributed by atoms with van der Waals surface area (Å²) in [5, 5.41) is 2.22. The van der Waals surface area contributed by atoms with Crippen LogP contribution in [0.5, 0.6) is 0 Å². The maximum absolute atomic E-state index is 12.4. The number of carbonyl (C=O) groups excluding carboxylic acids is 2. The minimum absolute atomic E-state index is 0.225. The number of hydrogen-bond donors (Lipinski definition) is 2. The molecule has 0 radical (unpaired) electrons. The molecule has 0 fully saturated rings. The second kappa shape index (κ2) is 5.59. The van der Waals surface area contributed by atoms with Gasteiger partial charge in [0.1, 0.15) is 0 Å². The number of nitrogens with two attached hydrogens (primary N) is 1. The molecule has 0 saturated carbocycles. The Bertz CT molecular complexity index is 500. The molecule has 0 saturated heterocycles. The number of anilines is 1.